The lowest BCUT2D eigenvalue weighted by molar-refractivity contribution is 0.462. The first-order chi connectivity index (χ1) is 10.1. The second kappa shape index (κ2) is 5.71. The molecule has 1 aliphatic carbocycles. The highest BCUT2D eigenvalue weighted by Crippen LogP contribution is 2.26. The molecule has 3 N–H and O–H groups in total. The van der Waals surface area contributed by atoms with E-state index in [0.29, 0.717) is 17.5 Å². The van der Waals surface area contributed by atoms with Crippen LogP contribution in [-0.4, -0.2) is 25.8 Å². The minimum Gasteiger partial charge on any atom is -0.393 e. The van der Waals surface area contributed by atoms with Crippen LogP contribution in [0, 0.1) is 13.8 Å². The molecule has 112 valence electrons. The fraction of sp³-hybridized carbons (Fsp3) is 0.533. The van der Waals surface area contributed by atoms with Gasteiger partial charge in [-0.1, -0.05) is 19.3 Å². The highest BCUT2D eigenvalue weighted by Gasteiger charge is 2.17. The average Bonchev–Trinajstić information content (AvgIpc) is 2.81. The molecule has 0 unspecified atom stereocenters. The lowest BCUT2D eigenvalue weighted by Crippen LogP contribution is -2.24. The number of nitrogens with one attached hydrogen (secondary N) is 1. The van der Waals surface area contributed by atoms with E-state index in [1.54, 1.807) is 11.0 Å². The Hall–Kier alpha value is -2.11. The normalized spacial score (nSPS) is 16.1. The summed E-state index contributed by atoms with van der Waals surface area (Å²) >= 11 is 0. The maximum absolute atomic E-state index is 6.26. The summed E-state index contributed by atoms with van der Waals surface area (Å²) in [4.78, 5) is 8.61. The SMILES string of the molecule is Cc1cc(C)n(-c2ncnc(NC3CCCCC3)c2N)n1. The Bertz CT molecular complexity index is 627. The minimum atomic E-state index is 0.462. The van der Waals surface area contributed by atoms with Gasteiger partial charge in [-0.15, -0.1) is 0 Å². The van der Waals surface area contributed by atoms with Crippen molar-refractivity contribution in [3.8, 4) is 5.82 Å². The van der Waals surface area contributed by atoms with Crippen molar-refractivity contribution in [1.82, 2.24) is 19.7 Å². The lowest BCUT2D eigenvalue weighted by Gasteiger charge is -2.24. The first-order valence-electron chi connectivity index (χ1n) is 7.56. The van der Waals surface area contributed by atoms with Gasteiger partial charge in [-0.2, -0.15) is 5.10 Å². The van der Waals surface area contributed by atoms with Crippen LogP contribution in [-0.2, 0) is 0 Å². The number of aryl methyl sites for hydroxylation is 2. The fourth-order valence-corrected chi connectivity index (χ4v) is 2.95. The predicted octanol–water partition coefficient (Wildman–Crippen LogP) is 2.61. The van der Waals surface area contributed by atoms with Crippen molar-refractivity contribution in [1.29, 1.82) is 0 Å². The van der Waals surface area contributed by atoms with Crippen LogP contribution in [0.3, 0.4) is 0 Å². The summed E-state index contributed by atoms with van der Waals surface area (Å²) in [6.07, 6.45) is 7.78. The zero-order valence-electron chi connectivity index (χ0n) is 12.6. The number of nitrogen functional groups attached to an aromatic ring is 1. The highest BCUT2D eigenvalue weighted by atomic mass is 15.3. The first-order valence-corrected chi connectivity index (χ1v) is 7.56. The van der Waals surface area contributed by atoms with E-state index in [4.69, 9.17) is 5.73 Å². The maximum atomic E-state index is 6.26. The van der Waals surface area contributed by atoms with Crippen LogP contribution in [0.2, 0.25) is 0 Å². The van der Waals surface area contributed by atoms with Crippen molar-refractivity contribution in [3.63, 3.8) is 0 Å². The smallest absolute Gasteiger partial charge is 0.182 e. The Morgan fingerprint density at radius 3 is 2.62 bits per heavy atom. The quantitative estimate of drug-likeness (QED) is 0.906. The van der Waals surface area contributed by atoms with Crippen molar-refractivity contribution in [2.24, 2.45) is 0 Å². The summed E-state index contributed by atoms with van der Waals surface area (Å²) in [6.45, 7) is 3.96. The molecule has 0 amide bonds. The van der Waals surface area contributed by atoms with Crippen LogP contribution >= 0.6 is 0 Å². The van der Waals surface area contributed by atoms with Crippen LogP contribution in [0.1, 0.15) is 43.5 Å². The van der Waals surface area contributed by atoms with E-state index >= 15 is 0 Å². The first kappa shape index (κ1) is 13.9. The van der Waals surface area contributed by atoms with E-state index in [-0.39, 0.29) is 0 Å². The van der Waals surface area contributed by atoms with E-state index in [1.807, 2.05) is 19.9 Å². The van der Waals surface area contributed by atoms with Gasteiger partial charge in [0.25, 0.3) is 0 Å². The van der Waals surface area contributed by atoms with Gasteiger partial charge in [0.2, 0.25) is 0 Å². The highest BCUT2D eigenvalue weighted by molar-refractivity contribution is 5.69. The molecule has 6 nitrogen and oxygen atoms in total. The summed E-state index contributed by atoms with van der Waals surface area (Å²) in [5, 5.41) is 7.92. The molecule has 2 heterocycles. The van der Waals surface area contributed by atoms with Crippen LogP contribution < -0.4 is 11.1 Å². The molecule has 1 aliphatic rings. The van der Waals surface area contributed by atoms with E-state index in [1.165, 1.54) is 32.1 Å². The van der Waals surface area contributed by atoms with Crippen LogP contribution in [0.5, 0.6) is 0 Å². The Labute approximate surface area is 124 Å². The fourth-order valence-electron chi connectivity index (χ4n) is 2.95. The van der Waals surface area contributed by atoms with Crippen molar-refractivity contribution >= 4 is 11.5 Å². The molecule has 0 aromatic carbocycles. The number of nitrogens with two attached hydrogens (primary N) is 1. The van der Waals surface area contributed by atoms with Crippen molar-refractivity contribution in [2.45, 2.75) is 52.0 Å². The lowest BCUT2D eigenvalue weighted by atomic mass is 9.95. The van der Waals surface area contributed by atoms with E-state index in [2.05, 4.69) is 20.4 Å². The largest absolute Gasteiger partial charge is 0.393 e. The second-order valence-corrected chi connectivity index (χ2v) is 5.78. The molecule has 1 saturated carbocycles. The molecule has 21 heavy (non-hydrogen) atoms. The molecule has 0 saturated heterocycles. The van der Waals surface area contributed by atoms with Gasteiger partial charge in [-0.3, -0.25) is 0 Å². The van der Waals surface area contributed by atoms with E-state index < -0.39 is 0 Å². The topological polar surface area (TPSA) is 81.7 Å². The molecule has 0 radical (unpaired) electrons. The molecule has 6 heteroatoms. The van der Waals surface area contributed by atoms with Gasteiger partial charge in [0.05, 0.1) is 5.69 Å². The molecule has 3 rings (SSSR count). The van der Waals surface area contributed by atoms with Crippen molar-refractivity contribution in [2.75, 3.05) is 11.1 Å². The molecule has 0 atom stereocenters. The summed E-state index contributed by atoms with van der Waals surface area (Å²) in [7, 11) is 0. The van der Waals surface area contributed by atoms with Gasteiger partial charge in [-0.25, -0.2) is 14.6 Å². The number of anilines is 2. The number of hydrogen-bond donors (Lipinski definition) is 2. The number of rotatable bonds is 3. The zero-order chi connectivity index (χ0) is 14.8. The third-order valence-corrected chi connectivity index (χ3v) is 4.02. The summed E-state index contributed by atoms with van der Waals surface area (Å²) in [6, 6.07) is 2.47. The van der Waals surface area contributed by atoms with Crippen LogP contribution in [0.25, 0.3) is 5.82 Å². The minimum absolute atomic E-state index is 0.462. The number of aromatic nitrogens is 4. The third-order valence-electron chi connectivity index (χ3n) is 4.02. The van der Waals surface area contributed by atoms with Gasteiger partial charge >= 0.3 is 0 Å². The van der Waals surface area contributed by atoms with Gasteiger partial charge in [-0.05, 0) is 32.8 Å². The Kier molecular flexibility index (Phi) is 3.77. The van der Waals surface area contributed by atoms with Crippen LogP contribution in [0.15, 0.2) is 12.4 Å². The van der Waals surface area contributed by atoms with Crippen molar-refractivity contribution in [3.05, 3.63) is 23.8 Å². The molecule has 2 aromatic rings. The molecule has 0 aliphatic heterocycles. The van der Waals surface area contributed by atoms with Gasteiger partial charge in [0, 0.05) is 11.7 Å². The molecular formula is C15H22N6. The van der Waals surface area contributed by atoms with Gasteiger partial charge in [0.1, 0.15) is 12.0 Å². The average molecular weight is 286 g/mol. The number of nitrogens with zero attached hydrogens (tertiary/aromatic N) is 4. The maximum Gasteiger partial charge on any atom is 0.182 e. The zero-order valence-corrected chi connectivity index (χ0v) is 12.6. The molecular weight excluding hydrogens is 264 g/mol. The second-order valence-electron chi connectivity index (χ2n) is 5.78. The van der Waals surface area contributed by atoms with Crippen LogP contribution in [0.4, 0.5) is 11.5 Å². The monoisotopic (exact) mass is 286 g/mol. The summed E-state index contributed by atoms with van der Waals surface area (Å²) < 4.78 is 1.78. The summed E-state index contributed by atoms with van der Waals surface area (Å²) in [5.74, 6) is 1.37. The Morgan fingerprint density at radius 2 is 1.95 bits per heavy atom. The molecule has 0 bridgehead atoms. The number of hydrogen-bond acceptors (Lipinski definition) is 5. The Morgan fingerprint density at radius 1 is 1.19 bits per heavy atom. The standard InChI is InChI=1S/C15H22N6/c1-10-8-11(2)21(20-10)15-13(16)14(17-9-18-15)19-12-6-4-3-5-7-12/h8-9,12H,3-7,16H2,1-2H3,(H,17,18,19). The Balaban J connectivity index is 1.89. The molecule has 0 spiro atoms. The molecule has 2 aromatic heterocycles. The van der Waals surface area contributed by atoms with E-state index in [9.17, 15) is 0 Å². The third kappa shape index (κ3) is 2.84. The van der Waals surface area contributed by atoms with Gasteiger partial charge < -0.3 is 11.1 Å². The summed E-state index contributed by atoms with van der Waals surface area (Å²) in [5.41, 5.74) is 8.79. The molecule has 1 fully saturated rings. The van der Waals surface area contributed by atoms with Crippen molar-refractivity contribution < 1.29 is 0 Å². The van der Waals surface area contributed by atoms with Gasteiger partial charge in [0.15, 0.2) is 11.6 Å². The van der Waals surface area contributed by atoms with E-state index in [0.717, 1.165) is 17.2 Å². The predicted molar refractivity (Wildman–Crippen MR) is 83.5 cm³/mol.